The monoisotopic (exact) mass is 259 g/mol. The molecule has 0 bridgehead atoms. The Morgan fingerprint density at radius 2 is 1.68 bits per heavy atom. The molecule has 0 saturated carbocycles. The van der Waals surface area contributed by atoms with Crippen LogP contribution in [-0.4, -0.2) is 13.1 Å². The summed E-state index contributed by atoms with van der Waals surface area (Å²) in [7, 11) is 0. The van der Waals surface area contributed by atoms with Crippen molar-refractivity contribution in [2.45, 2.75) is 11.8 Å². The maximum Gasteiger partial charge on any atom is 0.123 e. The second-order valence-corrected chi connectivity index (χ2v) is 5.20. The van der Waals surface area contributed by atoms with Gasteiger partial charge in [-0.15, -0.1) is 0 Å². The van der Waals surface area contributed by atoms with Gasteiger partial charge in [0.2, 0.25) is 0 Å². The fraction of sp³-hybridized carbons (Fsp3) is 0.250. The molecular formula is C16H15F2N. The first-order valence-electron chi connectivity index (χ1n) is 6.39. The maximum absolute atomic E-state index is 13.3. The van der Waals surface area contributed by atoms with E-state index in [-0.39, 0.29) is 17.0 Å². The minimum absolute atomic E-state index is 0.0402. The van der Waals surface area contributed by atoms with E-state index < -0.39 is 0 Å². The fourth-order valence-electron chi connectivity index (χ4n) is 2.70. The van der Waals surface area contributed by atoms with Crippen molar-refractivity contribution in [1.29, 1.82) is 0 Å². The Labute approximate surface area is 111 Å². The highest BCUT2D eigenvalue weighted by molar-refractivity contribution is 5.33. The molecule has 1 saturated heterocycles. The molecule has 3 rings (SSSR count). The Kier molecular flexibility index (Phi) is 3.07. The van der Waals surface area contributed by atoms with Crippen LogP contribution in [0.2, 0.25) is 0 Å². The van der Waals surface area contributed by atoms with Gasteiger partial charge < -0.3 is 5.32 Å². The number of hydrogen-bond acceptors (Lipinski definition) is 1. The van der Waals surface area contributed by atoms with Crippen LogP contribution in [0.15, 0.2) is 48.5 Å². The number of halogens is 2. The van der Waals surface area contributed by atoms with Crippen molar-refractivity contribution in [3.05, 3.63) is 71.3 Å². The Hall–Kier alpha value is -1.74. The average Bonchev–Trinajstić information content (AvgIpc) is 2.35. The summed E-state index contributed by atoms with van der Waals surface area (Å²) in [6, 6.07) is 13.3. The molecule has 0 spiro atoms. The molecule has 19 heavy (non-hydrogen) atoms. The summed E-state index contributed by atoms with van der Waals surface area (Å²) in [5.41, 5.74) is 2.05. The molecule has 0 amide bonds. The number of rotatable bonds is 3. The van der Waals surface area contributed by atoms with Crippen molar-refractivity contribution < 1.29 is 8.78 Å². The van der Waals surface area contributed by atoms with Crippen molar-refractivity contribution in [2.24, 2.45) is 0 Å². The van der Waals surface area contributed by atoms with E-state index >= 15 is 0 Å². The summed E-state index contributed by atoms with van der Waals surface area (Å²) in [4.78, 5) is 0. The third-order valence-corrected chi connectivity index (χ3v) is 3.81. The fourth-order valence-corrected chi connectivity index (χ4v) is 2.70. The predicted molar refractivity (Wildman–Crippen MR) is 71.1 cm³/mol. The van der Waals surface area contributed by atoms with Crippen molar-refractivity contribution in [2.75, 3.05) is 13.1 Å². The number of nitrogens with one attached hydrogen (secondary N) is 1. The molecule has 1 fully saturated rings. The second kappa shape index (κ2) is 4.74. The first-order valence-corrected chi connectivity index (χ1v) is 6.39. The zero-order valence-electron chi connectivity index (χ0n) is 10.5. The minimum Gasteiger partial charge on any atom is -0.315 e. The van der Waals surface area contributed by atoms with Crippen LogP contribution in [0.5, 0.6) is 0 Å². The van der Waals surface area contributed by atoms with E-state index in [1.807, 2.05) is 18.2 Å². The Morgan fingerprint density at radius 3 is 2.26 bits per heavy atom. The van der Waals surface area contributed by atoms with E-state index in [0.29, 0.717) is 0 Å². The number of benzene rings is 2. The second-order valence-electron chi connectivity index (χ2n) is 5.20. The van der Waals surface area contributed by atoms with Crippen molar-refractivity contribution in [3.8, 4) is 0 Å². The molecule has 1 heterocycles. The Bertz CT molecular complexity index is 574. The lowest BCUT2D eigenvalue weighted by Gasteiger charge is -2.43. The zero-order valence-corrected chi connectivity index (χ0v) is 10.5. The quantitative estimate of drug-likeness (QED) is 0.893. The van der Waals surface area contributed by atoms with E-state index in [1.165, 1.54) is 18.2 Å². The predicted octanol–water partition coefficient (Wildman–Crippen LogP) is 3.05. The third-order valence-electron chi connectivity index (χ3n) is 3.81. The first-order chi connectivity index (χ1) is 9.18. The van der Waals surface area contributed by atoms with Crippen molar-refractivity contribution in [3.63, 3.8) is 0 Å². The summed E-state index contributed by atoms with van der Waals surface area (Å²) in [5.74, 6) is -0.434. The Balaban J connectivity index is 1.89. The molecule has 0 aromatic heterocycles. The van der Waals surface area contributed by atoms with Gasteiger partial charge in [0.1, 0.15) is 11.6 Å². The summed E-state index contributed by atoms with van der Waals surface area (Å²) in [6.45, 7) is 1.68. The molecule has 2 aromatic carbocycles. The summed E-state index contributed by atoms with van der Waals surface area (Å²) in [5, 5.41) is 3.26. The van der Waals surface area contributed by atoms with Gasteiger partial charge in [0.25, 0.3) is 0 Å². The first kappa shape index (κ1) is 12.3. The van der Waals surface area contributed by atoms with E-state index in [0.717, 1.165) is 30.6 Å². The molecule has 3 heteroatoms. The summed E-state index contributed by atoms with van der Waals surface area (Å²) < 4.78 is 26.3. The van der Waals surface area contributed by atoms with Gasteiger partial charge in [-0.05, 0) is 41.8 Å². The molecule has 1 N–H and O–H groups in total. The molecule has 0 radical (unpaired) electrons. The highest BCUT2D eigenvalue weighted by Gasteiger charge is 2.38. The minimum atomic E-state index is -0.225. The molecule has 0 atom stereocenters. The molecular weight excluding hydrogens is 244 g/mol. The van der Waals surface area contributed by atoms with Crippen LogP contribution < -0.4 is 5.32 Å². The largest absolute Gasteiger partial charge is 0.315 e. The smallest absolute Gasteiger partial charge is 0.123 e. The zero-order chi connectivity index (χ0) is 13.3. The van der Waals surface area contributed by atoms with Crippen LogP contribution in [0, 0.1) is 11.6 Å². The highest BCUT2D eigenvalue weighted by atomic mass is 19.1. The highest BCUT2D eigenvalue weighted by Crippen LogP contribution is 2.32. The van der Waals surface area contributed by atoms with Gasteiger partial charge in [0.05, 0.1) is 0 Å². The Morgan fingerprint density at radius 1 is 0.947 bits per heavy atom. The normalized spacial score (nSPS) is 16.9. The molecule has 1 nitrogen and oxygen atoms in total. The van der Waals surface area contributed by atoms with E-state index in [9.17, 15) is 8.78 Å². The van der Waals surface area contributed by atoms with Gasteiger partial charge in [-0.1, -0.05) is 24.3 Å². The van der Waals surface area contributed by atoms with Crippen LogP contribution >= 0.6 is 0 Å². The lowest BCUT2D eigenvalue weighted by Crippen LogP contribution is -2.58. The summed E-state index contributed by atoms with van der Waals surface area (Å²) >= 11 is 0. The van der Waals surface area contributed by atoms with E-state index in [2.05, 4.69) is 5.32 Å². The third kappa shape index (κ3) is 2.38. The van der Waals surface area contributed by atoms with E-state index in [4.69, 9.17) is 0 Å². The summed E-state index contributed by atoms with van der Waals surface area (Å²) in [6.07, 6.45) is 0.767. The van der Waals surface area contributed by atoms with Crippen molar-refractivity contribution >= 4 is 0 Å². The van der Waals surface area contributed by atoms with Gasteiger partial charge in [0.15, 0.2) is 0 Å². The van der Waals surface area contributed by atoms with Gasteiger partial charge >= 0.3 is 0 Å². The van der Waals surface area contributed by atoms with Crippen LogP contribution in [0.1, 0.15) is 11.1 Å². The van der Waals surface area contributed by atoms with Crippen LogP contribution in [0.25, 0.3) is 0 Å². The molecule has 98 valence electrons. The van der Waals surface area contributed by atoms with Crippen LogP contribution in [-0.2, 0) is 11.8 Å². The SMILES string of the molecule is Fc1ccc(C2(Cc3cccc(F)c3)CNC2)cc1. The molecule has 0 unspecified atom stereocenters. The lowest BCUT2D eigenvalue weighted by molar-refractivity contribution is 0.274. The maximum atomic E-state index is 13.3. The van der Waals surface area contributed by atoms with Gasteiger partial charge in [-0.3, -0.25) is 0 Å². The van der Waals surface area contributed by atoms with Gasteiger partial charge in [-0.25, -0.2) is 8.78 Å². The molecule has 1 aliphatic heterocycles. The van der Waals surface area contributed by atoms with Gasteiger partial charge in [0, 0.05) is 18.5 Å². The van der Waals surface area contributed by atoms with Crippen molar-refractivity contribution in [1.82, 2.24) is 5.32 Å². The number of hydrogen-bond donors (Lipinski definition) is 1. The average molecular weight is 259 g/mol. The molecule has 2 aromatic rings. The standard InChI is InChI=1S/C16H15F2N/c17-14-6-4-13(5-7-14)16(10-19-11-16)9-12-2-1-3-15(18)8-12/h1-8,19H,9-11H2. The lowest BCUT2D eigenvalue weighted by atomic mass is 9.71. The van der Waals surface area contributed by atoms with Crippen LogP contribution in [0.4, 0.5) is 8.78 Å². The molecule has 1 aliphatic rings. The topological polar surface area (TPSA) is 12.0 Å². The molecule has 0 aliphatic carbocycles. The van der Waals surface area contributed by atoms with E-state index in [1.54, 1.807) is 12.1 Å². The van der Waals surface area contributed by atoms with Gasteiger partial charge in [-0.2, -0.15) is 0 Å². The van der Waals surface area contributed by atoms with Crippen LogP contribution in [0.3, 0.4) is 0 Å².